The van der Waals surface area contributed by atoms with Gasteiger partial charge in [-0.3, -0.25) is 9.36 Å². The van der Waals surface area contributed by atoms with Crippen molar-refractivity contribution in [3.63, 3.8) is 0 Å². The number of carbonyl (C=O) groups is 1. The van der Waals surface area contributed by atoms with E-state index in [1.54, 1.807) is 12.3 Å². The molecule has 25 heavy (non-hydrogen) atoms. The molecular formula is C18H24N4O2S. The average molecular weight is 360 g/mol. The highest BCUT2D eigenvalue weighted by atomic mass is 32.2. The zero-order valence-electron chi connectivity index (χ0n) is 14.7. The molecular weight excluding hydrogens is 336 g/mol. The maximum Gasteiger partial charge on any atom is 0.233 e. The van der Waals surface area contributed by atoms with Crippen molar-refractivity contribution in [1.29, 1.82) is 0 Å². The number of amides is 1. The normalized spacial score (nSPS) is 16.1. The van der Waals surface area contributed by atoms with Gasteiger partial charge in [0.15, 0.2) is 11.0 Å². The lowest BCUT2D eigenvalue weighted by Crippen LogP contribution is -2.37. The summed E-state index contributed by atoms with van der Waals surface area (Å²) in [6.45, 7) is 8.19. The molecule has 0 spiro atoms. The van der Waals surface area contributed by atoms with Crippen LogP contribution < -0.4 is 5.32 Å². The largest absolute Gasteiger partial charge is 0.469 e. The molecule has 6 nitrogen and oxygen atoms in total. The molecule has 134 valence electrons. The summed E-state index contributed by atoms with van der Waals surface area (Å²) in [6.07, 6.45) is 8.01. The molecule has 1 atom stereocenters. The summed E-state index contributed by atoms with van der Waals surface area (Å²) in [5.74, 6) is 1.59. The van der Waals surface area contributed by atoms with E-state index in [1.807, 2.05) is 24.5 Å². The van der Waals surface area contributed by atoms with Crippen LogP contribution in [0.1, 0.15) is 38.4 Å². The van der Waals surface area contributed by atoms with Crippen molar-refractivity contribution in [3.05, 3.63) is 30.7 Å². The number of aromatic nitrogens is 3. The first kappa shape index (κ1) is 17.8. The number of nitrogens with one attached hydrogen (secondary N) is 1. The zero-order valence-corrected chi connectivity index (χ0v) is 15.5. The summed E-state index contributed by atoms with van der Waals surface area (Å²) in [7, 11) is 0. The quantitative estimate of drug-likeness (QED) is 0.603. The first-order valence-corrected chi connectivity index (χ1v) is 9.53. The second-order valence-electron chi connectivity index (χ2n) is 6.35. The third-order valence-electron chi connectivity index (χ3n) is 4.48. The Kier molecular flexibility index (Phi) is 5.63. The van der Waals surface area contributed by atoms with Crippen LogP contribution in [0, 0.1) is 6.92 Å². The molecule has 1 fully saturated rings. The molecule has 2 aromatic rings. The molecule has 1 aliphatic rings. The van der Waals surface area contributed by atoms with Gasteiger partial charge in [-0.25, -0.2) is 0 Å². The van der Waals surface area contributed by atoms with Crippen LogP contribution in [0.25, 0.3) is 11.4 Å². The highest BCUT2D eigenvalue weighted by Crippen LogP contribution is 2.29. The Hall–Kier alpha value is -2.02. The maximum atomic E-state index is 12.4. The molecule has 2 heterocycles. The van der Waals surface area contributed by atoms with Gasteiger partial charge in [0.1, 0.15) is 5.76 Å². The van der Waals surface area contributed by atoms with Crippen LogP contribution in [0.4, 0.5) is 0 Å². The second-order valence-corrected chi connectivity index (χ2v) is 7.65. The monoisotopic (exact) mass is 360 g/mol. The lowest BCUT2D eigenvalue weighted by Gasteiger charge is -2.16. The van der Waals surface area contributed by atoms with E-state index in [1.165, 1.54) is 24.6 Å². The van der Waals surface area contributed by atoms with E-state index in [0.29, 0.717) is 17.7 Å². The topological polar surface area (TPSA) is 73.0 Å². The van der Waals surface area contributed by atoms with Crippen molar-refractivity contribution < 1.29 is 9.21 Å². The van der Waals surface area contributed by atoms with Crippen molar-refractivity contribution in [2.24, 2.45) is 0 Å². The average Bonchev–Trinajstić information content (AvgIpc) is 3.31. The van der Waals surface area contributed by atoms with Crippen LogP contribution in [-0.2, 0) is 11.3 Å². The van der Waals surface area contributed by atoms with Gasteiger partial charge in [0.05, 0.1) is 17.1 Å². The van der Waals surface area contributed by atoms with Gasteiger partial charge in [-0.1, -0.05) is 30.7 Å². The van der Waals surface area contributed by atoms with Crippen LogP contribution >= 0.6 is 11.8 Å². The van der Waals surface area contributed by atoms with Gasteiger partial charge in [-0.15, -0.1) is 16.8 Å². The van der Waals surface area contributed by atoms with Crippen LogP contribution in [-0.4, -0.2) is 32.0 Å². The molecule has 1 amide bonds. The highest BCUT2D eigenvalue weighted by Gasteiger charge is 2.24. The van der Waals surface area contributed by atoms with E-state index in [0.717, 1.165) is 30.0 Å². The molecule has 1 N–H and O–H groups in total. The fraction of sp³-hybridized carbons (Fsp3) is 0.500. The number of carbonyl (C=O) groups excluding carboxylic acids is 1. The molecule has 3 rings (SSSR count). The third-order valence-corrected chi connectivity index (χ3v) is 5.56. The minimum atomic E-state index is -0.230. The molecule has 1 saturated carbocycles. The Bertz CT molecular complexity index is 746. The SMILES string of the molecule is C=CCn1c(SC(C)C(=O)NC2CCCC2)nnc1-c1ccoc1C. The molecule has 2 aromatic heterocycles. The van der Waals surface area contributed by atoms with Crippen LogP contribution in [0.3, 0.4) is 0 Å². The number of nitrogens with zero attached hydrogens (tertiary/aromatic N) is 3. The van der Waals surface area contributed by atoms with Crippen LogP contribution in [0.2, 0.25) is 0 Å². The number of thioether (sulfide) groups is 1. The molecule has 1 unspecified atom stereocenters. The Balaban J connectivity index is 1.75. The van der Waals surface area contributed by atoms with Gasteiger partial charge in [0.25, 0.3) is 0 Å². The molecule has 0 saturated heterocycles. The van der Waals surface area contributed by atoms with E-state index < -0.39 is 0 Å². The third kappa shape index (κ3) is 3.98. The Labute approximate surface area is 152 Å². The van der Waals surface area contributed by atoms with Crippen LogP contribution in [0.5, 0.6) is 0 Å². The van der Waals surface area contributed by atoms with Gasteiger partial charge >= 0.3 is 0 Å². The van der Waals surface area contributed by atoms with Crippen LogP contribution in [0.15, 0.2) is 34.6 Å². The minimum absolute atomic E-state index is 0.0612. The van der Waals surface area contributed by atoms with Crippen molar-refractivity contribution >= 4 is 17.7 Å². The standard InChI is InChI=1S/C18H24N4O2S/c1-4-10-22-16(15-9-11-24-12(15)2)20-21-18(22)25-13(3)17(23)19-14-7-5-6-8-14/h4,9,11,13-14H,1,5-8,10H2,2-3H3,(H,19,23). The number of allylic oxidation sites excluding steroid dienone is 1. The van der Waals surface area contributed by atoms with Gasteiger partial charge in [0.2, 0.25) is 5.91 Å². The maximum absolute atomic E-state index is 12.4. The number of aryl methyl sites for hydroxylation is 1. The molecule has 0 radical (unpaired) electrons. The molecule has 0 bridgehead atoms. The molecule has 7 heteroatoms. The number of hydrogen-bond acceptors (Lipinski definition) is 5. The first-order valence-electron chi connectivity index (χ1n) is 8.65. The lowest BCUT2D eigenvalue weighted by atomic mass is 10.2. The van der Waals surface area contributed by atoms with Gasteiger partial charge in [-0.2, -0.15) is 0 Å². The Morgan fingerprint density at radius 3 is 2.92 bits per heavy atom. The van der Waals surface area contributed by atoms with E-state index in [2.05, 4.69) is 22.1 Å². The van der Waals surface area contributed by atoms with Crippen molar-refractivity contribution in [2.75, 3.05) is 0 Å². The van der Waals surface area contributed by atoms with Gasteiger partial charge in [0, 0.05) is 12.6 Å². The van der Waals surface area contributed by atoms with E-state index >= 15 is 0 Å². The fourth-order valence-corrected chi connectivity index (χ4v) is 3.95. The molecule has 1 aliphatic carbocycles. The van der Waals surface area contributed by atoms with Crippen molar-refractivity contribution in [1.82, 2.24) is 20.1 Å². The van der Waals surface area contributed by atoms with Gasteiger partial charge in [-0.05, 0) is 32.8 Å². The number of furan rings is 1. The number of rotatable bonds is 7. The highest BCUT2D eigenvalue weighted by molar-refractivity contribution is 8.00. The van der Waals surface area contributed by atoms with E-state index in [-0.39, 0.29) is 11.2 Å². The zero-order chi connectivity index (χ0) is 17.8. The molecule has 0 aromatic carbocycles. The van der Waals surface area contributed by atoms with E-state index in [4.69, 9.17) is 4.42 Å². The predicted molar refractivity (Wildman–Crippen MR) is 98.4 cm³/mol. The Morgan fingerprint density at radius 2 is 2.28 bits per heavy atom. The number of hydrogen-bond donors (Lipinski definition) is 1. The smallest absolute Gasteiger partial charge is 0.233 e. The Morgan fingerprint density at radius 1 is 1.52 bits per heavy atom. The predicted octanol–water partition coefficient (Wildman–Crippen LogP) is 3.57. The second kappa shape index (κ2) is 7.91. The van der Waals surface area contributed by atoms with Crippen molar-refractivity contribution in [2.45, 2.75) is 62.5 Å². The summed E-state index contributed by atoms with van der Waals surface area (Å²) in [5.41, 5.74) is 0.907. The summed E-state index contributed by atoms with van der Waals surface area (Å²) in [5, 5.41) is 12.2. The van der Waals surface area contributed by atoms with Gasteiger partial charge < -0.3 is 9.73 Å². The fourth-order valence-electron chi connectivity index (χ4n) is 3.09. The summed E-state index contributed by atoms with van der Waals surface area (Å²) in [4.78, 5) is 12.4. The first-order chi connectivity index (χ1) is 12.1. The minimum Gasteiger partial charge on any atom is -0.469 e. The summed E-state index contributed by atoms with van der Waals surface area (Å²) < 4.78 is 7.34. The van der Waals surface area contributed by atoms with Crippen molar-refractivity contribution in [3.8, 4) is 11.4 Å². The summed E-state index contributed by atoms with van der Waals surface area (Å²) in [6, 6.07) is 2.20. The lowest BCUT2D eigenvalue weighted by molar-refractivity contribution is -0.120. The molecule has 0 aliphatic heterocycles. The van der Waals surface area contributed by atoms with E-state index in [9.17, 15) is 4.79 Å². The summed E-state index contributed by atoms with van der Waals surface area (Å²) >= 11 is 1.42.